The highest BCUT2D eigenvalue weighted by Crippen LogP contribution is 2.16. The summed E-state index contributed by atoms with van der Waals surface area (Å²) >= 11 is 6.12. The van der Waals surface area contributed by atoms with Crippen LogP contribution in [0.1, 0.15) is 5.56 Å². The van der Waals surface area contributed by atoms with E-state index in [9.17, 15) is 0 Å². The predicted molar refractivity (Wildman–Crippen MR) is 106 cm³/mol. The van der Waals surface area contributed by atoms with Crippen molar-refractivity contribution in [1.29, 1.82) is 0 Å². The molecular weight excluding hydrogens is 334 g/mol. The van der Waals surface area contributed by atoms with Gasteiger partial charge in [-0.3, -0.25) is 0 Å². The molecule has 6 heteroatoms. The molecular formula is C19H24ClN5. The fraction of sp³-hybridized carbons (Fsp3) is 0.211. The van der Waals surface area contributed by atoms with Crippen molar-refractivity contribution in [3.8, 4) is 0 Å². The molecule has 132 valence electrons. The van der Waals surface area contributed by atoms with E-state index in [2.05, 4.69) is 21.4 Å². The summed E-state index contributed by atoms with van der Waals surface area (Å²) < 4.78 is 0. The van der Waals surface area contributed by atoms with E-state index in [1.165, 1.54) is 6.20 Å². The van der Waals surface area contributed by atoms with Crippen molar-refractivity contribution in [2.75, 3.05) is 25.5 Å². The van der Waals surface area contributed by atoms with Gasteiger partial charge in [-0.2, -0.15) is 0 Å². The lowest BCUT2D eigenvalue weighted by molar-refractivity contribution is 0.495. The fourth-order valence-corrected chi connectivity index (χ4v) is 2.76. The Balaban J connectivity index is 1.91. The smallest absolute Gasteiger partial charge is 0.126 e. The molecule has 0 aliphatic carbocycles. The van der Waals surface area contributed by atoms with Gasteiger partial charge in [0.1, 0.15) is 5.82 Å². The van der Waals surface area contributed by atoms with E-state index in [0.717, 1.165) is 34.1 Å². The second-order valence-electron chi connectivity index (χ2n) is 5.78. The Morgan fingerprint density at radius 3 is 2.84 bits per heavy atom. The summed E-state index contributed by atoms with van der Waals surface area (Å²) in [6.45, 7) is 1.43. The molecule has 5 N–H and O–H groups in total. The van der Waals surface area contributed by atoms with Crippen LogP contribution in [0.4, 0.5) is 5.82 Å². The second kappa shape index (κ2) is 9.59. The number of hydrogen-bond acceptors (Lipinski definition) is 5. The Morgan fingerprint density at radius 1 is 1.36 bits per heavy atom. The number of nitrogens with zero attached hydrogens (tertiary/aromatic N) is 2. The molecule has 1 aliphatic rings. The Kier molecular flexibility index (Phi) is 7.16. The number of anilines is 1. The van der Waals surface area contributed by atoms with E-state index in [0.29, 0.717) is 13.0 Å². The Labute approximate surface area is 154 Å². The number of hydrogen-bond donors (Lipinski definition) is 3. The molecule has 2 heterocycles. The third kappa shape index (κ3) is 6.39. The molecule has 1 aromatic rings. The molecule has 0 spiro atoms. The van der Waals surface area contributed by atoms with Crippen LogP contribution >= 0.6 is 11.6 Å². The first-order valence-electron chi connectivity index (χ1n) is 8.02. The van der Waals surface area contributed by atoms with Crippen LogP contribution in [0.5, 0.6) is 0 Å². The molecule has 5 nitrogen and oxygen atoms in total. The van der Waals surface area contributed by atoms with Crippen LogP contribution in [0, 0.1) is 0 Å². The van der Waals surface area contributed by atoms with Gasteiger partial charge in [-0.05, 0) is 47.3 Å². The van der Waals surface area contributed by atoms with Crippen LogP contribution in [0.25, 0.3) is 0 Å². The summed E-state index contributed by atoms with van der Waals surface area (Å²) in [4.78, 5) is 6.51. The molecule has 25 heavy (non-hydrogen) atoms. The summed E-state index contributed by atoms with van der Waals surface area (Å²) in [6, 6.07) is 4.00. The third-order valence-electron chi connectivity index (χ3n) is 3.58. The molecule has 0 saturated carbocycles. The van der Waals surface area contributed by atoms with E-state index in [-0.39, 0.29) is 0 Å². The van der Waals surface area contributed by atoms with E-state index < -0.39 is 0 Å². The molecule has 0 unspecified atom stereocenters. The van der Waals surface area contributed by atoms with E-state index in [1.807, 2.05) is 43.6 Å². The van der Waals surface area contributed by atoms with Crippen LogP contribution in [-0.4, -0.2) is 30.0 Å². The molecule has 0 amide bonds. The maximum atomic E-state index is 6.12. The molecule has 1 aromatic heterocycles. The van der Waals surface area contributed by atoms with Crippen molar-refractivity contribution < 1.29 is 0 Å². The van der Waals surface area contributed by atoms with Gasteiger partial charge in [0.2, 0.25) is 0 Å². The molecule has 0 atom stereocenters. The minimum Gasteiger partial charge on any atom is -0.405 e. The number of aromatic nitrogens is 1. The summed E-state index contributed by atoms with van der Waals surface area (Å²) in [5.41, 5.74) is 14.2. The first-order chi connectivity index (χ1) is 12.1. The van der Waals surface area contributed by atoms with Gasteiger partial charge in [-0.15, -0.1) is 0 Å². The lowest BCUT2D eigenvalue weighted by Gasteiger charge is -2.20. The second-order valence-corrected chi connectivity index (χ2v) is 6.26. The predicted octanol–water partition coefficient (Wildman–Crippen LogP) is 2.86. The topological polar surface area (TPSA) is 80.2 Å². The molecule has 2 rings (SSSR count). The van der Waals surface area contributed by atoms with Gasteiger partial charge in [0, 0.05) is 37.4 Å². The highest BCUT2D eigenvalue weighted by molar-refractivity contribution is 6.30. The first-order valence-corrected chi connectivity index (χ1v) is 8.40. The van der Waals surface area contributed by atoms with Gasteiger partial charge < -0.3 is 21.7 Å². The van der Waals surface area contributed by atoms with Gasteiger partial charge in [0.15, 0.2) is 0 Å². The average molecular weight is 358 g/mol. The Hall–Kier alpha value is -2.66. The zero-order chi connectivity index (χ0) is 18.1. The summed E-state index contributed by atoms with van der Waals surface area (Å²) in [5, 5.41) is 4.14. The van der Waals surface area contributed by atoms with Crippen molar-refractivity contribution in [1.82, 2.24) is 9.88 Å². The van der Waals surface area contributed by atoms with Crippen LogP contribution in [0.15, 0.2) is 77.4 Å². The Morgan fingerprint density at radius 2 is 2.20 bits per heavy atom. The lowest BCUT2D eigenvalue weighted by Crippen LogP contribution is -2.19. The van der Waals surface area contributed by atoms with E-state index >= 15 is 0 Å². The van der Waals surface area contributed by atoms with Gasteiger partial charge >= 0.3 is 0 Å². The number of nitrogens with one attached hydrogen (secondary N) is 1. The average Bonchev–Trinajstić information content (AvgIpc) is 2.59. The standard InChI is InChI=1S/C19H24ClN5/c1-25-13-17(9-18(20)14-25)12-24-19-6-5-16(11-23-19)8-15(10-22)4-2-3-7-21/h2-7,9-11,13H,8,12,14,21-22H2,1H3,(H,23,24)/b4-2+,7-3-,15-10+. The normalized spacial score (nSPS) is 15.6. The summed E-state index contributed by atoms with van der Waals surface area (Å²) in [6.07, 6.45) is 15.2. The zero-order valence-electron chi connectivity index (χ0n) is 14.3. The van der Waals surface area contributed by atoms with Crippen LogP contribution in [0.2, 0.25) is 0 Å². The molecule has 1 aliphatic heterocycles. The Bertz CT molecular complexity index is 714. The van der Waals surface area contributed by atoms with E-state index in [1.54, 1.807) is 12.3 Å². The maximum absolute atomic E-state index is 6.12. The highest BCUT2D eigenvalue weighted by Gasteiger charge is 2.07. The van der Waals surface area contributed by atoms with Crippen LogP contribution in [0.3, 0.4) is 0 Å². The maximum Gasteiger partial charge on any atom is 0.126 e. The van der Waals surface area contributed by atoms with Gasteiger partial charge in [0.25, 0.3) is 0 Å². The first kappa shape index (κ1) is 18.7. The zero-order valence-corrected chi connectivity index (χ0v) is 15.1. The lowest BCUT2D eigenvalue weighted by atomic mass is 10.1. The van der Waals surface area contributed by atoms with Crippen LogP contribution < -0.4 is 16.8 Å². The summed E-state index contributed by atoms with van der Waals surface area (Å²) in [5.74, 6) is 0.822. The number of rotatable bonds is 7. The molecule has 0 saturated heterocycles. The number of likely N-dealkylation sites (N-methyl/N-ethyl adjacent to an activating group) is 1. The molecule has 0 aromatic carbocycles. The monoisotopic (exact) mass is 357 g/mol. The SMILES string of the molecule is CN1C=C(CNc2ccc(CC(=C/N)/C=C/C=C\N)cn2)C=C(Cl)C1. The van der Waals surface area contributed by atoms with Crippen molar-refractivity contribution in [2.24, 2.45) is 11.5 Å². The number of halogens is 1. The van der Waals surface area contributed by atoms with Gasteiger partial charge in [-0.1, -0.05) is 29.8 Å². The molecule has 0 fully saturated rings. The van der Waals surface area contributed by atoms with Crippen molar-refractivity contribution in [3.63, 3.8) is 0 Å². The van der Waals surface area contributed by atoms with Gasteiger partial charge in [0.05, 0.1) is 6.54 Å². The highest BCUT2D eigenvalue weighted by atomic mass is 35.5. The van der Waals surface area contributed by atoms with Crippen molar-refractivity contribution >= 4 is 17.4 Å². The number of pyridine rings is 1. The number of nitrogens with two attached hydrogens (primary N) is 2. The fourth-order valence-electron chi connectivity index (χ4n) is 2.43. The van der Waals surface area contributed by atoms with E-state index in [4.69, 9.17) is 23.1 Å². The minimum absolute atomic E-state index is 0.676. The molecule has 0 radical (unpaired) electrons. The number of allylic oxidation sites excluding steroid dienone is 4. The third-order valence-corrected chi connectivity index (χ3v) is 3.81. The van der Waals surface area contributed by atoms with Crippen molar-refractivity contribution in [3.05, 3.63) is 83.0 Å². The van der Waals surface area contributed by atoms with Crippen LogP contribution in [-0.2, 0) is 6.42 Å². The summed E-state index contributed by atoms with van der Waals surface area (Å²) in [7, 11) is 2.00. The molecule has 0 bridgehead atoms. The minimum atomic E-state index is 0.676. The van der Waals surface area contributed by atoms with Crippen molar-refractivity contribution in [2.45, 2.75) is 6.42 Å². The quantitative estimate of drug-likeness (QED) is 0.654. The largest absolute Gasteiger partial charge is 0.405 e. The van der Waals surface area contributed by atoms with Gasteiger partial charge in [-0.25, -0.2) is 4.98 Å².